The van der Waals surface area contributed by atoms with E-state index in [-0.39, 0.29) is 33.9 Å². The number of benzene rings is 2. The number of piperazine rings is 1. The normalized spacial score (nSPS) is 19.8. The van der Waals surface area contributed by atoms with Crippen molar-refractivity contribution in [3.05, 3.63) is 64.2 Å². The molecule has 1 aliphatic carbocycles. The number of carbonyl (C=O) groups excluding carboxylic acids is 3. The molecule has 5 rings (SSSR count). The van der Waals surface area contributed by atoms with Gasteiger partial charge in [0.15, 0.2) is 0 Å². The van der Waals surface area contributed by atoms with Gasteiger partial charge in [-0.2, -0.15) is 0 Å². The van der Waals surface area contributed by atoms with Crippen molar-refractivity contribution >= 4 is 39.3 Å². The second kappa shape index (κ2) is 7.60. The topological polar surface area (TPSA) is 95.1 Å². The van der Waals surface area contributed by atoms with Crippen molar-refractivity contribution < 1.29 is 22.8 Å². The monoisotopic (exact) mass is 473 g/mol. The van der Waals surface area contributed by atoms with E-state index in [0.717, 1.165) is 4.31 Å². The summed E-state index contributed by atoms with van der Waals surface area (Å²) in [6, 6.07) is 10.7. The zero-order valence-corrected chi connectivity index (χ0v) is 18.6. The number of amides is 3. The van der Waals surface area contributed by atoms with Gasteiger partial charge < -0.3 is 9.80 Å². The van der Waals surface area contributed by atoms with Crippen LogP contribution in [0.4, 0.5) is 0 Å². The lowest BCUT2D eigenvalue weighted by Crippen LogP contribution is -2.50. The molecular formula is C22H20ClN3O5S. The van der Waals surface area contributed by atoms with Crippen molar-refractivity contribution in [2.45, 2.75) is 23.8 Å². The molecule has 10 heteroatoms. The molecule has 0 unspecified atom stereocenters. The summed E-state index contributed by atoms with van der Waals surface area (Å²) in [6.45, 7) is 1.35. The standard InChI is InChI=1S/C22H20ClN3O5S/c23-16-3-1-2-14(12-16)20(27)24-8-10-25(11-9-24)21(28)15-4-7-18-19(13-15)32(30,31)26(22(18)29)17-5-6-17/h1-4,7,12-13,17H,5-6,8-11H2. The van der Waals surface area contributed by atoms with E-state index >= 15 is 0 Å². The Balaban J connectivity index is 1.30. The van der Waals surface area contributed by atoms with Gasteiger partial charge in [0.2, 0.25) is 0 Å². The van der Waals surface area contributed by atoms with Crippen molar-refractivity contribution in [3.8, 4) is 0 Å². The summed E-state index contributed by atoms with van der Waals surface area (Å²) < 4.78 is 26.6. The van der Waals surface area contributed by atoms with Gasteiger partial charge in [-0.05, 0) is 49.2 Å². The fourth-order valence-corrected chi connectivity index (χ4v) is 6.18. The number of hydrogen-bond donors (Lipinski definition) is 0. The second-order valence-corrected chi connectivity index (χ2v) is 10.4. The molecular weight excluding hydrogens is 454 g/mol. The van der Waals surface area contributed by atoms with Gasteiger partial charge in [-0.3, -0.25) is 14.4 Å². The van der Waals surface area contributed by atoms with E-state index in [1.165, 1.54) is 18.2 Å². The lowest BCUT2D eigenvalue weighted by molar-refractivity contribution is 0.0535. The molecule has 166 valence electrons. The Kier molecular flexibility index (Phi) is 4.98. The minimum Gasteiger partial charge on any atom is -0.335 e. The van der Waals surface area contributed by atoms with Crippen LogP contribution in [0.5, 0.6) is 0 Å². The summed E-state index contributed by atoms with van der Waals surface area (Å²) >= 11 is 5.97. The molecule has 2 fully saturated rings. The van der Waals surface area contributed by atoms with E-state index in [1.807, 2.05) is 0 Å². The SMILES string of the molecule is O=C(c1cccc(Cl)c1)N1CCN(C(=O)c2ccc3c(c2)S(=O)(=O)N(C2CC2)C3=O)CC1. The number of carbonyl (C=O) groups is 3. The highest BCUT2D eigenvalue weighted by Crippen LogP contribution is 2.39. The van der Waals surface area contributed by atoms with Crippen molar-refractivity contribution in [2.75, 3.05) is 26.2 Å². The van der Waals surface area contributed by atoms with Crippen LogP contribution in [0.1, 0.15) is 43.9 Å². The summed E-state index contributed by atoms with van der Waals surface area (Å²) in [5, 5.41) is 0.481. The Bertz CT molecular complexity index is 1250. The van der Waals surface area contributed by atoms with Crippen LogP contribution < -0.4 is 0 Å². The highest BCUT2D eigenvalue weighted by molar-refractivity contribution is 7.90. The summed E-state index contributed by atoms with van der Waals surface area (Å²) in [5.41, 5.74) is 0.823. The third-order valence-corrected chi connectivity index (χ3v) is 8.11. The molecule has 0 radical (unpaired) electrons. The smallest absolute Gasteiger partial charge is 0.269 e. The fourth-order valence-electron chi connectivity index (χ4n) is 4.15. The van der Waals surface area contributed by atoms with Crippen LogP contribution in [0, 0.1) is 0 Å². The van der Waals surface area contributed by atoms with Crippen LogP contribution in [0.3, 0.4) is 0 Å². The molecule has 1 saturated heterocycles. The molecule has 0 aromatic heterocycles. The average molecular weight is 474 g/mol. The summed E-state index contributed by atoms with van der Waals surface area (Å²) in [6.07, 6.45) is 1.34. The number of nitrogens with zero attached hydrogens (tertiary/aromatic N) is 3. The molecule has 0 atom stereocenters. The van der Waals surface area contributed by atoms with Crippen LogP contribution in [0.25, 0.3) is 0 Å². The first-order chi connectivity index (χ1) is 15.3. The molecule has 3 amide bonds. The van der Waals surface area contributed by atoms with Crippen LogP contribution in [0.2, 0.25) is 5.02 Å². The Morgan fingerprint density at radius 3 is 2.03 bits per heavy atom. The van der Waals surface area contributed by atoms with Gasteiger partial charge in [0, 0.05) is 48.4 Å². The van der Waals surface area contributed by atoms with Gasteiger partial charge in [0.05, 0.1) is 5.56 Å². The Morgan fingerprint density at radius 2 is 1.47 bits per heavy atom. The number of halogens is 1. The molecule has 0 spiro atoms. The maximum Gasteiger partial charge on any atom is 0.269 e. The van der Waals surface area contributed by atoms with Crippen LogP contribution >= 0.6 is 11.6 Å². The van der Waals surface area contributed by atoms with Gasteiger partial charge >= 0.3 is 0 Å². The first kappa shape index (κ1) is 21.0. The Morgan fingerprint density at radius 1 is 0.875 bits per heavy atom. The fraction of sp³-hybridized carbons (Fsp3) is 0.318. The lowest BCUT2D eigenvalue weighted by atomic mass is 10.1. The first-order valence-corrected chi connectivity index (χ1v) is 12.2. The minimum atomic E-state index is -3.92. The summed E-state index contributed by atoms with van der Waals surface area (Å²) in [4.78, 5) is 41.4. The molecule has 2 aromatic carbocycles. The number of sulfonamides is 1. The van der Waals surface area contributed by atoms with Crippen molar-refractivity contribution in [2.24, 2.45) is 0 Å². The maximum absolute atomic E-state index is 13.0. The summed E-state index contributed by atoms with van der Waals surface area (Å²) in [7, 11) is -3.92. The molecule has 3 aliphatic rings. The maximum atomic E-state index is 13.0. The zero-order chi connectivity index (χ0) is 22.6. The molecule has 0 N–H and O–H groups in total. The highest BCUT2D eigenvalue weighted by atomic mass is 35.5. The highest BCUT2D eigenvalue weighted by Gasteiger charge is 2.49. The molecule has 32 heavy (non-hydrogen) atoms. The number of rotatable bonds is 3. The molecule has 2 aliphatic heterocycles. The minimum absolute atomic E-state index is 0.102. The van der Waals surface area contributed by atoms with Crippen molar-refractivity contribution in [1.82, 2.24) is 14.1 Å². The van der Waals surface area contributed by atoms with E-state index in [2.05, 4.69) is 0 Å². The van der Waals surface area contributed by atoms with E-state index in [0.29, 0.717) is 49.6 Å². The zero-order valence-electron chi connectivity index (χ0n) is 17.0. The van der Waals surface area contributed by atoms with Crippen LogP contribution in [-0.2, 0) is 10.0 Å². The second-order valence-electron chi connectivity index (χ2n) is 8.14. The van der Waals surface area contributed by atoms with E-state index in [9.17, 15) is 22.8 Å². The van der Waals surface area contributed by atoms with Gasteiger partial charge in [-0.25, -0.2) is 12.7 Å². The van der Waals surface area contributed by atoms with E-state index < -0.39 is 15.9 Å². The van der Waals surface area contributed by atoms with E-state index in [4.69, 9.17) is 11.6 Å². The molecule has 2 aromatic rings. The van der Waals surface area contributed by atoms with Gasteiger partial charge in [-0.1, -0.05) is 17.7 Å². The van der Waals surface area contributed by atoms with Gasteiger partial charge in [0.1, 0.15) is 4.90 Å². The van der Waals surface area contributed by atoms with Crippen molar-refractivity contribution in [1.29, 1.82) is 0 Å². The van der Waals surface area contributed by atoms with E-state index in [1.54, 1.807) is 34.1 Å². The molecule has 0 bridgehead atoms. The molecule has 2 heterocycles. The summed E-state index contributed by atoms with van der Waals surface area (Å²) in [5.74, 6) is -0.994. The Hall–Kier alpha value is -2.91. The van der Waals surface area contributed by atoms with Gasteiger partial charge in [-0.15, -0.1) is 0 Å². The lowest BCUT2D eigenvalue weighted by Gasteiger charge is -2.35. The number of hydrogen-bond acceptors (Lipinski definition) is 5. The predicted octanol–water partition coefficient (Wildman–Crippen LogP) is 2.25. The Labute approximate surface area is 190 Å². The molecule has 8 nitrogen and oxygen atoms in total. The van der Waals surface area contributed by atoms with Crippen molar-refractivity contribution in [3.63, 3.8) is 0 Å². The number of fused-ring (bicyclic) bond motifs is 1. The van der Waals surface area contributed by atoms with Crippen LogP contribution in [-0.4, -0.2) is 72.5 Å². The largest absolute Gasteiger partial charge is 0.335 e. The molecule has 1 saturated carbocycles. The van der Waals surface area contributed by atoms with Gasteiger partial charge in [0.25, 0.3) is 27.7 Å². The quantitative estimate of drug-likeness (QED) is 0.681. The average Bonchev–Trinajstić information content (AvgIpc) is 3.59. The van der Waals surface area contributed by atoms with Crippen LogP contribution in [0.15, 0.2) is 47.4 Å². The third kappa shape index (κ3) is 3.45. The predicted molar refractivity (Wildman–Crippen MR) is 116 cm³/mol. The third-order valence-electron chi connectivity index (χ3n) is 6.00. The first-order valence-electron chi connectivity index (χ1n) is 10.3.